The Kier molecular flexibility index (Phi) is 5.89. The Bertz CT molecular complexity index is 1050. The molecule has 1 saturated heterocycles. The number of nitrogens with one attached hydrogen (secondary N) is 3. The van der Waals surface area contributed by atoms with Crippen LogP contribution in [0.4, 0.5) is 10.8 Å². The summed E-state index contributed by atoms with van der Waals surface area (Å²) in [6.07, 6.45) is 4.85. The molecule has 2 aromatic rings. The zero-order valence-electron chi connectivity index (χ0n) is 17.5. The molecule has 0 unspecified atom stereocenters. The van der Waals surface area contributed by atoms with Crippen molar-refractivity contribution in [2.24, 2.45) is 0 Å². The lowest BCUT2D eigenvalue weighted by Gasteiger charge is -2.33. The lowest BCUT2D eigenvalue weighted by molar-refractivity contribution is -0.125. The quantitative estimate of drug-likeness (QED) is 0.420. The molecule has 2 aliphatic rings. The number of hydrogen-bond donors (Lipinski definition) is 4. The average Bonchev–Trinajstić information content (AvgIpc) is 2.93. The van der Waals surface area contributed by atoms with Crippen LogP contribution in [0.1, 0.15) is 48.0 Å². The van der Waals surface area contributed by atoms with Crippen molar-refractivity contribution in [1.29, 1.82) is 10.7 Å². The third kappa shape index (κ3) is 3.98. The van der Waals surface area contributed by atoms with Gasteiger partial charge in [0.05, 0.1) is 11.0 Å². The minimum Gasteiger partial charge on any atom is -0.389 e. The van der Waals surface area contributed by atoms with Crippen molar-refractivity contribution in [3.05, 3.63) is 34.1 Å². The molecule has 3 heterocycles. The van der Waals surface area contributed by atoms with E-state index in [1.165, 1.54) is 11.3 Å². The minimum absolute atomic E-state index is 0.144. The summed E-state index contributed by atoms with van der Waals surface area (Å²) in [7, 11) is 0. The van der Waals surface area contributed by atoms with E-state index in [0.717, 1.165) is 56.1 Å². The lowest BCUT2D eigenvalue weighted by Crippen LogP contribution is -2.47. The van der Waals surface area contributed by atoms with E-state index in [2.05, 4.69) is 31.6 Å². The molecule has 10 heteroatoms. The summed E-state index contributed by atoms with van der Waals surface area (Å²) in [5.41, 5.74) is 6.21. The van der Waals surface area contributed by atoms with E-state index in [4.69, 9.17) is 11.1 Å². The molecular formula is C21H26N8OS. The van der Waals surface area contributed by atoms with Gasteiger partial charge in [-0.2, -0.15) is 5.26 Å². The van der Waals surface area contributed by atoms with Crippen LogP contribution >= 0.6 is 11.3 Å². The summed E-state index contributed by atoms with van der Waals surface area (Å²) in [6, 6.07) is 3.99. The second kappa shape index (κ2) is 8.61. The largest absolute Gasteiger partial charge is 0.389 e. The third-order valence-electron chi connectivity index (χ3n) is 6.02. The molecule has 31 heavy (non-hydrogen) atoms. The Balaban J connectivity index is 1.56. The first-order valence-corrected chi connectivity index (χ1v) is 11.3. The minimum atomic E-state index is -0.923. The van der Waals surface area contributed by atoms with E-state index in [9.17, 15) is 10.1 Å². The van der Waals surface area contributed by atoms with Gasteiger partial charge in [0.25, 0.3) is 0 Å². The van der Waals surface area contributed by atoms with E-state index in [-0.39, 0.29) is 17.6 Å². The Morgan fingerprint density at radius 3 is 3.06 bits per heavy atom. The fourth-order valence-electron chi connectivity index (χ4n) is 4.35. The SMILES string of the molecule is C[C@]1(C(=O)NC(=N)c2nccc(N3CCCNCC3)n2)CCCc2sc(N)c(C#N)c21. The fourth-order valence-corrected chi connectivity index (χ4v) is 5.54. The fraction of sp³-hybridized carbons (Fsp3) is 0.476. The van der Waals surface area contributed by atoms with E-state index in [1.54, 1.807) is 6.20 Å². The third-order valence-corrected chi connectivity index (χ3v) is 7.10. The number of thiophene rings is 1. The number of carbonyl (C=O) groups is 1. The van der Waals surface area contributed by atoms with Crippen LogP contribution < -0.4 is 21.3 Å². The highest BCUT2D eigenvalue weighted by Gasteiger charge is 2.43. The van der Waals surface area contributed by atoms with Gasteiger partial charge >= 0.3 is 0 Å². The number of amides is 1. The number of nitrogen functional groups attached to an aromatic ring is 1. The van der Waals surface area contributed by atoms with Crippen molar-refractivity contribution < 1.29 is 4.79 Å². The van der Waals surface area contributed by atoms with Crippen molar-refractivity contribution in [3.8, 4) is 6.07 Å². The van der Waals surface area contributed by atoms with Crippen molar-refractivity contribution in [1.82, 2.24) is 20.6 Å². The second-order valence-electron chi connectivity index (χ2n) is 8.10. The van der Waals surface area contributed by atoms with Crippen LogP contribution in [-0.2, 0) is 16.6 Å². The normalized spacial score (nSPS) is 21.0. The predicted molar refractivity (Wildman–Crippen MR) is 120 cm³/mol. The number of fused-ring (bicyclic) bond motifs is 1. The molecule has 1 atom stereocenters. The molecule has 0 spiro atoms. The number of carbonyl (C=O) groups excluding carboxylic acids is 1. The van der Waals surface area contributed by atoms with Crippen LogP contribution in [0.2, 0.25) is 0 Å². The number of nitriles is 1. The summed E-state index contributed by atoms with van der Waals surface area (Å²) in [5, 5.41) is 24.5. The standard InChI is InChI=1S/C21H26N8OS/c1-21(6-2-4-14-16(21)13(12-22)18(24)31-14)20(30)28-17(23)19-26-8-5-15(27-19)29-10-3-7-25-9-11-29/h5,8,25H,2-4,6-7,9-11,24H2,1H3,(H2,23,28,30)/t21-/m0/s1. The molecule has 1 aliphatic heterocycles. The molecule has 0 saturated carbocycles. The topological polar surface area (TPSA) is 144 Å². The summed E-state index contributed by atoms with van der Waals surface area (Å²) in [5.74, 6) is 0.444. The van der Waals surface area contributed by atoms with Crippen molar-refractivity contribution in [3.63, 3.8) is 0 Å². The van der Waals surface area contributed by atoms with Gasteiger partial charge in [-0.25, -0.2) is 9.97 Å². The number of amidine groups is 1. The van der Waals surface area contributed by atoms with Crippen LogP contribution in [0, 0.1) is 16.7 Å². The molecule has 1 fully saturated rings. The van der Waals surface area contributed by atoms with E-state index in [0.29, 0.717) is 22.5 Å². The molecule has 2 aromatic heterocycles. The number of aryl methyl sites for hydroxylation is 1. The first-order valence-electron chi connectivity index (χ1n) is 10.4. The van der Waals surface area contributed by atoms with Crippen LogP contribution in [-0.4, -0.2) is 47.9 Å². The van der Waals surface area contributed by atoms with Crippen molar-refractivity contribution >= 4 is 33.9 Å². The zero-order valence-corrected chi connectivity index (χ0v) is 18.3. The maximum atomic E-state index is 13.3. The van der Waals surface area contributed by atoms with Crippen LogP contribution in [0.25, 0.3) is 0 Å². The Morgan fingerprint density at radius 1 is 1.42 bits per heavy atom. The van der Waals surface area contributed by atoms with Crippen molar-refractivity contribution in [2.45, 2.75) is 38.0 Å². The molecule has 9 nitrogen and oxygen atoms in total. The van der Waals surface area contributed by atoms with Gasteiger partial charge in [0, 0.05) is 36.3 Å². The number of hydrogen-bond acceptors (Lipinski definition) is 9. The first-order chi connectivity index (χ1) is 14.9. The van der Waals surface area contributed by atoms with Crippen LogP contribution in [0.3, 0.4) is 0 Å². The van der Waals surface area contributed by atoms with Gasteiger partial charge in [-0.15, -0.1) is 11.3 Å². The summed E-state index contributed by atoms with van der Waals surface area (Å²) in [4.78, 5) is 25.2. The average molecular weight is 439 g/mol. The Hall–Kier alpha value is -3.03. The van der Waals surface area contributed by atoms with Crippen LogP contribution in [0.5, 0.6) is 0 Å². The molecule has 1 amide bonds. The maximum Gasteiger partial charge on any atom is 0.236 e. The lowest BCUT2D eigenvalue weighted by atomic mass is 9.72. The number of aromatic nitrogens is 2. The molecule has 0 radical (unpaired) electrons. The van der Waals surface area contributed by atoms with Gasteiger partial charge in [0.1, 0.15) is 16.9 Å². The highest BCUT2D eigenvalue weighted by atomic mass is 32.1. The van der Waals surface area contributed by atoms with Crippen molar-refractivity contribution in [2.75, 3.05) is 36.8 Å². The monoisotopic (exact) mass is 438 g/mol. The number of rotatable bonds is 3. The zero-order chi connectivity index (χ0) is 22.0. The molecule has 4 rings (SSSR count). The van der Waals surface area contributed by atoms with Gasteiger partial charge in [0.15, 0.2) is 11.7 Å². The predicted octanol–water partition coefficient (Wildman–Crippen LogP) is 1.53. The molecule has 0 bridgehead atoms. The summed E-state index contributed by atoms with van der Waals surface area (Å²) < 4.78 is 0. The van der Waals surface area contributed by atoms with E-state index in [1.807, 2.05) is 13.0 Å². The van der Waals surface area contributed by atoms with E-state index >= 15 is 0 Å². The number of anilines is 2. The molecular weight excluding hydrogens is 412 g/mol. The molecule has 1 aliphatic carbocycles. The smallest absolute Gasteiger partial charge is 0.236 e. The molecule has 0 aromatic carbocycles. The highest BCUT2D eigenvalue weighted by molar-refractivity contribution is 7.16. The Labute approximate surface area is 185 Å². The van der Waals surface area contributed by atoms with Gasteiger partial charge in [-0.3, -0.25) is 10.2 Å². The van der Waals surface area contributed by atoms with Gasteiger partial charge < -0.3 is 21.3 Å². The van der Waals surface area contributed by atoms with Gasteiger partial charge in [0.2, 0.25) is 5.91 Å². The first kappa shape index (κ1) is 21.2. The van der Waals surface area contributed by atoms with Gasteiger partial charge in [-0.1, -0.05) is 0 Å². The second-order valence-corrected chi connectivity index (χ2v) is 9.23. The summed E-state index contributed by atoms with van der Waals surface area (Å²) >= 11 is 1.38. The number of nitrogens with zero attached hydrogens (tertiary/aromatic N) is 4. The Morgan fingerprint density at radius 2 is 2.26 bits per heavy atom. The van der Waals surface area contributed by atoms with Crippen LogP contribution in [0.15, 0.2) is 12.3 Å². The summed E-state index contributed by atoms with van der Waals surface area (Å²) in [6.45, 7) is 5.37. The molecule has 5 N–H and O–H groups in total. The van der Waals surface area contributed by atoms with E-state index < -0.39 is 5.41 Å². The van der Waals surface area contributed by atoms with Gasteiger partial charge in [-0.05, 0) is 45.2 Å². The molecule has 162 valence electrons. The number of nitrogens with two attached hydrogens (primary N) is 1. The highest BCUT2D eigenvalue weighted by Crippen LogP contribution is 2.45. The maximum absolute atomic E-state index is 13.3.